The topological polar surface area (TPSA) is 74.6 Å². The highest BCUT2D eigenvalue weighted by Gasteiger charge is 2.45. The molecule has 0 amide bonds. The molecule has 0 spiro atoms. The average Bonchev–Trinajstić information content (AvgIpc) is 2.17. The molecule has 15 heavy (non-hydrogen) atoms. The molecule has 0 rings (SSSR count). The fourth-order valence-electron chi connectivity index (χ4n) is 0.880. The van der Waals surface area contributed by atoms with Gasteiger partial charge in [-0.25, -0.2) is 0 Å². The zero-order valence-corrected chi connectivity index (χ0v) is 9.59. The zero-order chi connectivity index (χ0) is 11.9. The van der Waals surface area contributed by atoms with Crippen LogP contribution in [0.2, 0.25) is 0 Å². The van der Waals surface area contributed by atoms with Crippen LogP contribution in [-0.4, -0.2) is 22.2 Å². The van der Waals surface area contributed by atoms with Crippen molar-refractivity contribution in [2.24, 2.45) is 5.41 Å². The molecule has 0 radical (unpaired) electrons. The van der Waals surface area contributed by atoms with Crippen LogP contribution in [0.25, 0.3) is 0 Å². The molecule has 0 aliphatic heterocycles. The number of carboxylic acid groups (broad SMARTS) is 2. The zero-order valence-electron chi connectivity index (χ0n) is 8.00. The summed E-state index contributed by atoms with van der Waals surface area (Å²) in [6.07, 6.45) is -0.534. The molecule has 80 valence electrons. The van der Waals surface area contributed by atoms with Gasteiger partial charge in [-0.3, -0.25) is 9.59 Å². The maximum atomic E-state index is 10.9. The lowest BCUT2D eigenvalue weighted by molar-refractivity contribution is -0.163. The van der Waals surface area contributed by atoms with Gasteiger partial charge in [-0.15, -0.1) is 11.8 Å². The predicted molar refractivity (Wildman–Crippen MR) is 57.1 cm³/mol. The van der Waals surface area contributed by atoms with Crippen LogP contribution in [0, 0.1) is 28.0 Å². The Morgan fingerprint density at radius 1 is 1.20 bits per heavy atom. The number of hydrogen-bond acceptors (Lipinski definition) is 2. The molecule has 0 saturated carbocycles. The summed E-state index contributed by atoms with van der Waals surface area (Å²) in [5, 5.41) is 17.8. The highest BCUT2D eigenvalue weighted by molar-refractivity contribution is 9.12. The summed E-state index contributed by atoms with van der Waals surface area (Å²) in [4.78, 5) is 24.2. The van der Waals surface area contributed by atoms with Crippen molar-refractivity contribution in [1.29, 1.82) is 0 Å². The summed E-state index contributed by atoms with van der Waals surface area (Å²) in [5.41, 5.74) is -1.94. The van der Waals surface area contributed by atoms with Crippen molar-refractivity contribution in [3.63, 3.8) is 0 Å². The van der Waals surface area contributed by atoms with E-state index in [0.717, 1.165) is 0 Å². The molecule has 2 N–H and O–H groups in total. The smallest absolute Gasteiger partial charge is 0.323 e. The summed E-state index contributed by atoms with van der Waals surface area (Å²) in [5.74, 6) is 4.49. The predicted octanol–water partition coefficient (Wildman–Crippen LogP) is 1.30. The van der Waals surface area contributed by atoms with Crippen LogP contribution >= 0.6 is 15.9 Å². The highest BCUT2D eigenvalue weighted by atomic mass is 79.9. The number of carboxylic acids is 2. The van der Waals surface area contributed by atoms with E-state index in [4.69, 9.17) is 10.2 Å². The third kappa shape index (κ3) is 3.30. The van der Waals surface area contributed by atoms with Crippen LogP contribution in [0.4, 0.5) is 0 Å². The number of rotatable bonds is 4. The second-order valence-corrected chi connectivity index (χ2v) is 3.14. The van der Waals surface area contributed by atoms with Crippen LogP contribution in [0.15, 0.2) is 0 Å². The Bertz CT molecular complexity index is 340. The van der Waals surface area contributed by atoms with Gasteiger partial charge < -0.3 is 10.2 Å². The maximum Gasteiger partial charge on any atom is 0.323 e. The largest absolute Gasteiger partial charge is 0.480 e. The van der Waals surface area contributed by atoms with Crippen molar-refractivity contribution in [1.82, 2.24) is 0 Å². The highest BCUT2D eigenvalue weighted by Crippen LogP contribution is 2.27. The minimum absolute atomic E-state index is 0.254. The second kappa shape index (κ2) is 6.10. The maximum absolute atomic E-state index is 10.9. The molecule has 0 heterocycles. The first-order valence-corrected chi connectivity index (χ1v) is 4.75. The van der Waals surface area contributed by atoms with Gasteiger partial charge in [-0.1, -0.05) is 5.92 Å². The minimum Gasteiger partial charge on any atom is -0.480 e. The first-order chi connectivity index (χ1) is 7.01. The monoisotopic (exact) mass is 272 g/mol. The van der Waals surface area contributed by atoms with E-state index in [1.165, 1.54) is 6.92 Å². The molecular formula is C10H9BrO4. The number of halogens is 1. The van der Waals surface area contributed by atoms with Crippen LogP contribution in [-0.2, 0) is 9.59 Å². The summed E-state index contributed by atoms with van der Waals surface area (Å²) in [6.45, 7) is 1.52. The van der Waals surface area contributed by atoms with E-state index in [0.29, 0.717) is 0 Å². The van der Waals surface area contributed by atoms with Gasteiger partial charge in [0.1, 0.15) is 0 Å². The first kappa shape index (κ1) is 13.5. The fraction of sp³-hybridized carbons (Fsp3) is 0.400. The first-order valence-electron chi connectivity index (χ1n) is 3.96. The molecule has 0 atom stereocenters. The van der Waals surface area contributed by atoms with Crippen LogP contribution < -0.4 is 0 Å². The standard InChI is InChI=1S/C10H9BrO4/c1-2-3-5-10(8(12)13,9(14)15)6-4-7-11/h5-6H2,1H3,(H,12,13)(H,14,15). The van der Waals surface area contributed by atoms with Crippen molar-refractivity contribution < 1.29 is 19.8 Å². The summed E-state index contributed by atoms with van der Waals surface area (Å²) >= 11 is 2.79. The van der Waals surface area contributed by atoms with Crippen LogP contribution in [0.1, 0.15) is 19.8 Å². The van der Waals surface area contributed by atoms with E-state index >= 15 is 0 Å². The van der Waals surface area contributed by atoms with Gasteiger partial charge in [0.2, 0.25) is 0 Å². The lowest BCUT2D eigenvalue weighted by Crippen LogP contribution is -2.38. The van der Waals surface area contributed by atoms with Gasteiger partial charge in [0, 0.05) is 28.8 Å². The number of carbonyl (C=O) groups is 2. The molecule has 0 aromatic carbocycles. The van der Waals surface area contributed by atoms with Crippen molar-refractivity contribution in [2.45, 2.75) is 19.8 Å². The Morgan fingerprint density at radius 3 is 2.00 bits per heavy atom. The van der Waals surface area contributed by atoms with E-state index < -0.39 is 17.4 Å². The summed E-state index contributed by atoms with van der Waals surface area (Å²) in [7, 11) is 0. The molecule has 0 saturated heterocycles. The van der Waals surface area contributed by atoms with E-state index in [1.54, 1.807) is 0 Å². The number of aliphatic carboxylic acids is 2. The van der Waals surface area contributed by atoms with E-state index in [1.807, 2.05) is 0 Å². The number of hydrogen-bond donors (Lipinski definition) is 2. The van der Waals surface area contributed by atoms with Crippen molar-refractivity contribution in [3.05, 3.63) is 0 Å². The fourth-order valence-corrected chi connectivity index (χ4v) is 1.02. The van der Waals surface area contributed by atoms with Crippen molar-refractivity contribution >= 4 is 27.9 Å². The molecule has 0 bridgehead atoms. The van der Waals surface area contributed by atoms with Crippen LogP contribution in [0.3, 0.4) is 0 Å². The van der Waals surface area contributed by atoms with Crippen molar-refractivity contribution in [3.8, 4) is 22.6 Å². The van der Waals surface area contributed by atoms with Gasteiger partial charge in [0.25, 0.3) is 0 Å². The third-order valence-electron chi connectivity index (χ3n) is 1.84. The second-order valence-electron chi connectivity index (χ2n) is 2.74. The Hall–Kier alpha value is -1.46. The van der Waals surface area contributed by atoms with Gasteiger partial charge >= 0.3 is 11.9 Å². The Labute approximate surface area is 95.8 Å². The normalized spacial score (nSPS) is 9.20. The molecule has 0 unspecified atom stereocenters. The Balaban J connectivity index is 5.19. The van der Waals surface area contributed by atoms with Gasteiger partial charge in [-0.05, 0) is 11.8 Å². The van der Waals surface area contributed by atoms with Crippen molar-refractivity contribution in [2.75, 3.05) is 0 Å². The summed E-state index contributed by atoms with van der Waals surface area (Å²) in [6, 6.07) is 0. The van der Waals surface area contributed by atoms with Gasteiger partial charge in [-0.2, -0.15) is 0 Å². The van der Waals surface area contributed by atoms with Gasteiger partial charge in [0.15, 0.2) is 5.41 Å². The minimum atomic E-state index is -1.94. The molecule has 0 aliphatic rings. The van der Waals surface area contributed by atoms with E-state index in [-0.39, 0.29) is 12.8 Å². The Kier molecular flexibility index (Phi) is 5.51. The molecule has 0 aliphatic carbocycles. The molecule has 0 aromatic rings. The van der Waals surface area contributed by atoms with E-state index in [9.17, 15) is 9.59 Å². The SMILES string of the molecule is CC#CCC(CC#CBr)(C(=O)O)C(=O)O. The molecule has 4 nitrogen and oxygen atoms in total. The Morgan fingerprint density at radius 2 is 1.67 bits per heavy atom. The molecule has 5 heteroatoms. The third-order valence-corrected chi connectivity index (χ3v) is 2.12. The lowest BCUT2D eigenvalue weighted by atomic mass is 9.82. The van der Waals surface area contributed by atoms with E-state index in [2.05, 4.69) is 38.5 Å². The van der Waals surface area contributed by atoms with Gasteiger partial charge in [0.05, 0.1) is 0 Å². The lowest BCUT2D eigenvalue weighted by Gasteiger charge is -2.19. The van der Waals surface area contributed by atoms with Crippen LogP contribution in [0.5, 0.6) is 0 Å². The molecular weight excluding hydrogens is 264 g/mol. The molecule has 0 fully saturated rings. The quantitative estimate of drug-likeness (QED) is 0.598. The molecule has 0 aromatic heterocycles. The summed E-state index contributed by atoms with van der Waals surface area (Å²) < 4.78 is 0. The average molecular weight is 273 g/mol.